The van der Waals surface area contributed by atoms with E-state index in [0.29, 0.717) is 24.3 Å². The number of carbonyl (C=O) groups is 1. The molecule has 0 N–H and O–H groups in total. The first-order valence-electron chi connectivity index (χ1n) is 8.46. The minimum absolute atomic E-state index is 0.00848. The third-order valence-electron chi connectivity index (χ3n) is 4.56. The number of nitro benzene ring substituents is 1. The van der Waals surface area contributed by atoms with Crippen LogP contribution in [0.25, 0.3) is 0 Å². The summed E-state index contributed by atoms with van der Waals surface area (Å²) in [5.41, 5.74) is 2.05. The van der Waals surface area contributed by atoms with Gasteiger partial charge in [0.25, 0.3) is 5.69 Å². The van der Waals surface area contributed by atoms with Crippen LogP contribution in [0.15, 0.2) is 48.5 Å². The van der Waals surface area contributed by atoms with Crippen molar-refractivity contribution in [2.75, 3.05) is 38.2 Å². The number of hydrogen-bond acceptors (Lipinski definition) is 6. The van der Waals surface area contributed by atoms with Crippen LogP contribution in [0, 0.1) is 10.1 Å². The Bertz CT molecular complexity index is 787. The van der Waals surface area contributed by atoms with E-state index in [1.807, 2.05) is 23.1 Å². The normalized spacial score (nSPS) is 14.9. The number of benzene rings is 2. The molecule has 2 aromatic rings. The number of anilines is 1. The van der Waals surface area contributed by atoms with Crippen molar-refractivity contribution >= 4 is 17.3 Å². The van der Waals surface area contributed by atoms with E-state index in [1.54, 1.807) is 6.07 Å². The molecule has 0 unspecified atom stereocenters. The van der Waals surface area contributed by atoms with Crippen LogP contribution in [-0.2, 0) is 11.3 Å². The standard InChI is InChI=1S/C19H21N3O4/c1-26-19(23)16-7-8-17(22(24)25)18(13-16)21-11-9-20(10-12-21)14-15-5-3-2-4-6-15/h2-8,13H,9-12,14H2,1H3. The van der Waals surface area contributed by atoms with Crippen LogP contribution >= 0.6 is 0 Å². The van der Waals surface area contributed by atoms with Crippen molar-refractivity contribution in [2.45, 2.75) is 6.54 Å². The van der Waals surface area contributed by atoms with Gasteiger partial charge in [-0.15, -0.1) is 0 Å². The summed E-state index contributed by atoms with van der Waals surface area (Å²) in [7, 11) is 1.30. The maximum absolute atomic E-state index is 11.8. The number of hydrogen-bond donors (Lipinski definition) is 0. The quantitative estimate of drug-likeness (QED) is 0.466. The van der Waals surface area contributed by atoms with Crippen molar-refractivity contribution in [2.24, 2.45) is 0 Å². The number of nitro groups is 1. The molecule has 0 saturated carbocycles. The number of carbonyl (C=O) groups excluding carboxylic acids is 1. The number of esters is 1. The molecule has 7 heteroatoms. The van der Waals surface area contributed by atoms with Crippen molar-refractivity contribution in [3.63, 3.8) is 0 Å². The number of nitrogens with zero attached hydrogens (tertiary/aromatic N) is 3. The Balaban J connectivity index is 1.73. The monoisotopic (exact) mass is 355 g/mol. The first-order valence-corrected chi connectivity index (χ1v) is 8.46. The van der Waals surface area contributed by atoms with E-state index in [0.717, 1.165) is 19.6 Å². The highest BCUT2D eigenvalue weighted by Gasteiger charge is 2.25. The summed E-state index contributed by atoms with van der Waals surface area (Å²) in [5.74, 6) is -0.496. The zero-order chi connectivity index (χ0) is 18.5. The Morgan fingerprint density at radius 2 is 1.81 bits per heavy atom. The third kappa shape index (κ3) is 4.00. The van der Waals surface area contributed by atoms with Gasteiger partial charge in [-0.25, -0.2) is 4.79 Å². The molecule has 1 fully saturated rings. The molecule has 0 aromatic heterocycles. The van der Waals surface area contributed by atoms with Crippen LogP contribution in [0.2, 0.25) is 0 Å². The van der Waals surface area contributed by atoms with Gasteiger partial charge in [-0.1, -0.05) is 30.3 Å². The minimum atomic E-state index is -0.496. The van der Waals surface area contributed by atoms with Crippen LogP contribution < -0.4 is 4.90 Å². The molecule has 0 spiro atoms. The lowest BCUT2D eigenvalue weighted by Gasteiger charge is -2.35. The van der Waals surface area contributed by atoms with Crippen LogP contribution in [-0.4, -0.2) is 49.1 Å². The minimum Gasteiger partial charge on any atom is -0.465 e. The Morgan fingerprint density at radius 1 is 1.12 bits per heavy atom. The van der Waals surface area contributed by atoms with Crippen LogP contribution in [0.5, 0.6) is 0 Å². The van der Waals surface area contributed by atoms with Crippen molar-refractivity contribution < 1.29 is 14.5 Å². The second kappa shape index (κ2) is 7.97. The first kappa shape index (κ1) is 17.9. The largest absolute Gasteiger partial charge is 0.465 e. The molecule has 3 rings (SSSR count). The highest BCUT2D eigenvalue weighted by Crippen LogP contribution is 2.30. The molecular weight excluding hydrogens is 334 g/mol. The SMILES string of the molecule is COC(=O)c1ccc([N+](=O)[O-])c(N2CCN(Cc3ccccc3)CC2)c1. The van der Waals surface area contributed by atoms with Crippen LogP contribution in [0.3, 0.4) is 0 Å². The third-order valence-corrected chi connectivity index (χ3v) is 4.56. The molecular formula is C19H21N3O4. The molecule has 0 radical (unpaired) electrons. The first-order chi connectivity index (χ1) is 12.6. The van der Waals surface area contributed by atoms with E-state index < -0.39 is 10.9 Å². The topological polar surface area (TPSA) is 75.9 Å². The molecule has 1 aliphatic rings. The van der Waals surface area contributed by atoms with E-state index in [1.165, 1.54) is 24.8 Å². The van der Waals surface area contributed by atoms with Crippen molar-refractivity contribution in [1.29, 1.82) is 0 Å². The number of piperazine rings is 1. The fourth-order valence-electron chi connectivity index (χ4n) is 3.16. The van der Waals surface area contributed by atoms with Gasteiger partial charge in [0.2, 0.25) is 0 Å². The average molecular weight is 355 g/mol. The highest BCUT2D eigenvalue weighted by molar-refractivity contribution is 5.91. The Morgan fingerprint density at radius 3 is 2.42 bits per heavy atom. The summed E-state index contributed by atoms with van der Waals surface area (Å²) in [6, 6.07) is 14.6. The molecule has 26 heavy (non-hydrogen) atoms. The molecule has 0 aliphatic carbocycles. The Labute approximate surface area is 151 Å². The number of methoxy groups -OCH3 is 1. The smallest absolute Gasteiger partial charge is 0.337 e. The predicted molar refractivity (Wildman–Crippen MR) is 98.4 cm³/mol. The van der Waals surface area contributed by atoms with Gasteiger partial charge in [-0.3, -0.25) is 15.0 Å². The molecule has 0 atom stereocenters. The molecule has 136 valence electrons. The van der Waals surface area contributed by atoms with E-state index in [2.05, 4.69) is 17.0 Å². The van der Waals surface area contributed by atoms with Gasteiger partial charge in [0.1, 0.15) is 5.69 Å². The summed E-state index contributed by atoms with van der Waals surface area (Å²) in [6.45, 7) is 3.79. The van der Waals surface area contributed by atoms with Gasteiger partial charge in [-0.05, 0) is 17.7 Å². The summed E-state index contributed by atoms with van der Waals surface area (Å²) in [4.78, 5) is 27.0. The van der Waals surface area contributed by atoms with Crippen molar-refractivity contribution in [3.8, 4) is 0 Å². The Kier molecular flexibility index (Phi) is 5.48. The molecule has 1 aliphatic heterocycles. The van der Waals surface area contributed by atoms with Crippen molar-refractivity contribution in [3.05, 3.63) is 69.8 Å². The van der Waals surface area contributed by atoms with Gasteiger partial charge >= 0.3 is 5.97 Å². The lowest BCUT2D eigenvalue weighted by Crippen LogP contribution is -2.46. The van der Waals surface area contributed by atoms with Crippen LogP contribution in [0.1, 0.15) is 15.9 Å². The second-order valence-corrected chi connectivity index (χ2v) is 6.20. The predicted octanol–water partition coefficient (Wildman–Crippen LogP) is 2.70. The fraction of sp³-hybridized carbons (Fsp3) is 0.316. The lowest BCUT2D eigenvalue weighted by atomic mass is 10.1. The number of ether oxygens (including phenoxy) is 1. The zero-order valence-corrected chi connectivity index (χ0v) is 14.6. The molecule has 1 heterocycles. The second-order valence-electron chi connectivity index (χ2n) is 6.20. The Hall–Kier alpha value is -2.93. The van der Waals surface area contributed by atoms with Crippen molar-refractivity contribution in [1.82, 2.24) is 4.90 Å². The summed E-state index contributed by atoms with van der Waals surface area (Å²) >= 11 is 0. The fourth-order valence-corrected chi connectivity index (χ4v) is 3.16. The maximum Gasteiger partial charge on any atom is 0.337 e. The lowest BCUT2D eigenvalue weighted by molar-refractivity contribution is -0.384. The van der Waals surface area contributed by atoms with Gasteiger partial charge in [0.15, 0.2) is 0 Å². The zero-order valence-electron chi connectivity index (χ0n) is 14.6. The van der Waals surface area contributed by atoms with E-state index in [4.69, 9.17) is 4.74 Å². The molecule has 0 amide bonds. The van der Waals surface area contributed by atoms with Gasteiger partial charge in [0.05, 0.1) is 17.6 Å². The number of rotatable bonds is 5. The molecule has 1 saturated heterocycles. The van der Waals surface area contributed by atoms with Gasteiger partial charge in [-0.2, -0.15) is 0 Å². The van der Waals surface area contributed by atoms with Gasteiger partial charge < -0.3 is 9.64 Å². The van der Waals surface area contributed by atoms with E-state index >= 15 is 0 Å². The summed E-state index contributed by atoms with van der Waals surface area (Å²) < 4.78 is 4.73. The van der Waals surface area contributed by atoms with E-state index in [-0.39, 0.29) is 5.69 Å². The highest BCUT2D eigenvalue weighted by atomic mass is 16.6. The average Bonchev–Trinajstić information content (AvgIpc) is 2.68. The molecule has 0 bridgehead atoms. The maximum atomic E-state index is 11.8. The molecule has 2 aromatic carbocycles. The molecule has 7 nitrogen and oxygen atoms in total. The van der Waals surface area contributed by atoms with Gasteiger partial charge in [0, 0.05) is 38.8 Å². The summed E-state index contributed by atoms with van der Waals surface area (Å²) in [6.07, 6.45) is 0. The van der Waals surface area contributed by atoms with E-state index in [9.17, 15) is 14.9 Å². The van der Waals surface area contributed by atoms with Crippen LogP contribution in [0.4, 0.5) is 11.4 Å². The summed E-state index contributed by atoms with van der Waals surface area (Å²) in [5, 5.41) is 11.4.